The van der Waals surface area contributed by atoms with Crippen molar-refractivity contribution in [1.29, 1.82) is 0 Å². The summed E-state index contributed by atoms with van der Waals surface area (Å²) < 4.78 is 0. The molecule has 0 aliphatic heterocycles. The lowest BCUT2D eigenvalue weighted by Crippen LogP contribution is -2.41. The van der Waals surface area contributed by atoms with Gasteiger partial charge in [-0.05, 0) is 38.0 Å². The summed E-state index contributed by atoms with van der Waals surface area (Å²) in [5.74, 6) is 0. The second kappa shape index (κ2) is 6.48. The highest BCUT2D eigenvalue weighted by Gasteiger charge is 2.07. The van der Waals surface area contributed by atoms with E-state index in [1.165, 1.54) is 5.56 Å². The molecule has 0 heterocycles. The number of rotatable bonds is 4. The predicted octanol–water partition coefficient (Wildman–Crippen LogP) is 3.01. The minimum Gasteiger partial charge on any atom is -0.360 e. The van der Waals surface area contributed by atoms with E-state index in [1.807, 2.05) is 18.2 Å². The van der Waals surface area contributed by atoms with Crippen LogP contribution in [0.25, 0.3) is 0 Å². The van der Waals surface area contributed by atoms with E-state index in [9.17, 15) is 0 Å². The lowest BCUT2D eigenvalue weighted by molar-refractivity contribution is 0.615. The van der Waals surface area contributed by atoms with Gasteiger partial charge in [-0.2, -0.15) is 0 Å². The van der Waals surface area contributed by atoms with Gasteiger partial charge in [0.05, 0.1) is 6.04 Å². The van der Waals surface area contributed by atoms with Gasteiger partial charge in [-0.15, -0.1) is 0 Å². The van der Waals surface area contributed by atoms with Gasteiger partial charge in [-0.25, -0.2) is 0 Å². The normalized spacial score (nSPS) is 13.9. The van der Waals surface area contributed by atoms with Crippen molar-refractivity contribution in [3.05, 3.63) is 35.9 Å². The van der Waals surface area contributed by atoms with E-state index >= 15 is 0 Å². The topological polar surface area (TPSA) is 24.1 Å². The van der Waals surface area contributed by atoms with Crippen LogP contribution < -0.4 is 10.6 Å². The van der Waals surface area contributed by atoms with E-state index < -0.39 is 0 Å². The summed E-state index contributed by atoms with van der Waals surface area (Å²) in [5.41, 5.74) is 1.25. The zero-order chi connectivity index (χ0) is 12.0. The summed E-state index contributed by atoms with van der Waals surface area (Å²) >= 11 is 5.25. The highest BCUT2D eigenvalue weighted by Crippen LogP contribution is 2.10. The molecule has 0 bridgehead atoms. The summed E-state index contributed by atoms with van der Waals surface area (Å²) in [4.78, 5) is 0. The predicted molar refractivity (Wildman–Crippen MR) is 73.5 cm³/mol. The zero-order valence-electron chi connectivity index (χ0n) is 10.2. The number of hydrogen-bond donors (Lipinski definition) is 2. The highest BCUT2D eigenvalue weighted by atomic mass is 32.1. The first-order chi connectivity index (χ1) is 7.63. The lowest BCUT2D eigenvalue weighted by Gasteiger charge is -2.20. The van der Waals surface area contributed by atoms with E-state index in [-0.39, 0.29) is 6.04 Å². The largest absolute Gasteiger partial charge is 0.360 e. The van der Waals surface area contributed by atoms with E-state index in [0.29, 0.717) is 6.04 Å². The Morgan fingerprint density at radius 1 is 1.19 bits per heavy atom. The van der Waals surface area contributed by atoms with E-state index in [2.05, 4.69) is 43.5 Å². The summed E-state index contributed by atoms with van der Waals surface area (Å²) in [6.07, 6.45) is 1.07. The quantitative estimate of drug-likeness (QED) is 0.786. The Kier molecular flexibility index (Phi) is 5.26. The summed E-state index contributed by atoms with van der Waals surface area (Å²) in [7, 11) is 0. The third kappa shape index (κ3) is 4.19. The molecule has 1 aromatic rings. The minimum atomic E-state index is 0.241. The van der Waals surface area contributed by atoms with Crippen molar-refractivity contribution >= 4 is 17.3 Å². The van der Waals surface area contributed by atoms with Crippen molar-refractivity contribution in [3.63, 3.8) is 0 Å². The molecule has 0 saturated carbocycles. The second-order valence-electron chi connectivity index (χ2n) is 4.06. The maximum absolute atomic E-state index is 5.25. The van der Waals surface area contributed by atoms with Crippen LogP contribution in [0.2, 0.25) is 0 Å². The Bertz CT molecular complexity index is 324. The van der Waals surface area contributed by atoms with Crippen LogP contribution in [0.5, 0.6) is 0 Å². The zero-order valence-corrected chi connectivity index (χ0v) is 11.0. The fourth-order valence-corrected chi connectivity index (χ4v) is 1.77. The van der Waals surface area contributed by atoms with Gasteiger partial charge >= 0.3 is 0 Å². The van der Waals surface area contributed by atoms with Crippen molar-refractivity contribution < 1.29 is 0 Å². The van der Waals surface area contributed by atoms with E-state index in [1.54, 1.807) is 0 Å². The fraction of sp³-hybridized carbons (Fsp3) is 0.462. The Morgan fingerprint density at radius 2 is 1.81 bits per heavy atom. The SMILES string of the molecule is CC[C@H](C)NC(=S)N[C@@H](C)c1ccccc1. The van der Waals surface area contributed by atoms with Crippen molar-refractivity contribution in [2.75, 3.05) is 0 Å². The Balaban J connectivity index is 2.46. The molecule has 0 aliphatic rings. The first-order valence-electron chi connectivity index (χ1n) is 5.75. The van der Waals surface area contributed by atoms with Gasteiger partial charge in [0.2, 0.25) is 0 Å². The summed E-state index contributed by atoms with van der Waals surface area (Å²) in [6.45, 7) is 6.38. The van der Waals surface area contributed by atoms with Crippen LogP contribution in [0.1, 0.15) is 38.8 Å². The maximum Gasteiger partial charge on any atom is 0.166 e. The van der Waals surface area contributed by atoms with Gasteiger partial charge in [-0.1, -0.05) is 37.3 Å². The van der Waals surface area contributed by atoms with E-state index in [4.69, 9.17) is 12.2 Å². The molecule has 1 rings (SSSR count). The molecule has 0 spiro atoms. The molecule has 0 unspecified atom stereocenters. The van der Waals surface area contributed by atoms with Gasteiger partial charge in [0.1, 0.15) is 0 Å². The Hall–Kier alpha value is -1.09. The molecule has 0 fully saturated rings. The molecule has 0 saturated heterocycles. The van der Waals surface area contributed by atoms with Crippen LogP contribution in [0, 0.1) is 0 Å². The van der Waals surface area contributed by atoms with Crippen LogP contribution in [0.15, 0.2) is 30.3 Å². The highest BCUT2D eigenvalue weighted by molar-refractivity contribution is 7.80. The number of hydrogen-bond acceptors (Lipinski definition) is 1. The smallest absolute Gasteiger partial charge is 0.166 e. The number of thiocarbonyl (C=S) groups is 1. The Morgan fingerprint density at radius 3 is 2.38 bits per heavy atom. The molecule has 0 amide bonds. The number of nitrogens with one attached hydrogen (secondary N) is 2. The average Bonchev–Trinajstić information content (AvgIpc) is 2.29. The van der Waals surface area contributed by atoms with Crippen molar-refractivity contribution in [1.82, 2.24) is 10.6 Å². The summed E-state index contributed by atoms with van der Waals surface area (Å²) in [5, 5.41) is 7.26. The third-order valence-corrected chi connectivity index (χ3v) is 2.87. The van der Waals surface area contributed by atoms with Crippen molar-refractivity contribution in [2.24, 2.45) is 0 Å². The van der Waals surface area contributed by atoms with Gasteiger partial charge in [0.15, 0.2) is 5.11 Å². The van der Waals surface area contributed by atoms with Crippen LogP contribution in [-0.4, -0.2) is 11.2 Å². The Labute approximate surface area is 103 Å². The standard InChI is InChI=1S/C13H20N2S/c1-4-10(2)14-13(16)15-11(3)12-8-6-5-7-9-12/h5-11H,4H2,1-3H3,(H2,14,15,16)/t10-,11-/m0/s1. The fourth-order valence-electron chi connectivity index (χ4n) is 1.39. The molecular formula is C13H20N2S. The number of benzene rings is 1. The maximum atomic E-state index is 5.25. The van der Waals surface area contributed by atoms with Crippen LogP contribution in [0.3, 0.4) is 0 Å². The molecule has 2 atom stereocenters. The average molecular weight is 236 g/mol. The molecule has 2 nitrogen and oxygen atoms in total. The van der Waals surface area contributed by atoms with Crippen LogP contribution in [-0.2, 0) is 0 Å². The molecular weight excluding hydrogens is 216 g/mol. The third-order valence-electron chi connectivity index (χ3n) is 2.64. The first kappa shape index (κ1) is 13.0. The molecule has 0 aliphatic carbocycles. The van der Waals surface area contributed by atoms with Crippen LogP contribution in [0.4, 0.5) is 0 Å². The molecule has 0 radical (unpaired) electrons. The molecule has 1 aromatic carbocycles. The van der Waals surface area contributed by atoms with E-state index in [0.717, 1.165) is 11.5 Å². The molecule has 16 heavy (non-hydrogen) atoms. The minimum absolute atomic E-state index is 0.241. The monoisotopic (exact) mass is 236 g/mol. The van der Waals surface area contributed by atoms with Crippen LogP contribution >= 0.6 is 12.2 Å². The summed E-state index contributed by atoms with van der Waals surface area (Å²) in [6, 6.07) is 11.0. The lowest BCUT2D eigenvalue weighted by atomic mass is 10.1. The van der Waals surface area contributed by atoms with Gasteiger partial charge < -0.3 is 10.6 Å². The van der Waals surface area contributed by atoms with Crippen molar-refractivity contribution in [3.8, 4) is 0 Å². The molecule has 0 aromatic heterocycles. The first-order valence-corrected chi connectivity index (χ1v) is 6.16. The molecule has 88 valence electrons. The molecule has 3 heteroatoms. The van der Waals surface area contributed by atoms with Gasteiger partial charge in [0, 0.05) is 6.04 Å². The second-order valence-corrected chi connectivity index (χ2v) is 4.47. The van der Waals surface area contributed by atoms with Gasteiger partial charge in [0.25, 0.3) is 0 Å². The molecule has 2 N–H and O–H groups in total. The van der Waals surface area contributed by atoms with Gasteiger partial charge in [-0.3, -0.25) is 0 Å². The van der Waals surface area contributed by atoms with Crippen molar-refractivity contribution in [2.45, 2.75) is 39.3 Å².